The van der Waals surface area contributed by atoms with Gasteiger partial charge in [0.2, 0.25) is 11.9 Å². The van der Waals surface area contributed by atoms with Crippen molar-refractivity contribution in [3.63, 3.8) is 0 Å². The van der Waals surface area contributed by atoms with E-state index in [4.69, 9.17) is 9.26 Å². The van der Waals surface area contributed by atoms with Crippen molar-refractivity contribution < 1.29 is 96.2 Å². The third-order valence-electron chi connectivity index (χ3n) is 14.9. The van der Waals surface area contributed by atoms with Crippen LogP contribution in [0.5, 0.6) is 0 Å². The summed E-state index contributed by atoms with van der Waals surface area (Å²) in [6.45, 7) is -1.02. The molecule has 2 unspecified atom stereocenters. The van der Waals surface area contributed by atoms with Crippen LogP contribution in [0, 0.1) is 34.3 Å². The number of carbonyl (C=O) groups is 4. The van der Waals surface area contributed by atoms with Gasteiger partial charge in [0.25, 0.3) is 5.91 Å². The molecule has 5 heterocycles. The second-order valence-corrected chi connectivity index (χ2v) is 22.6. The van der Waals surface area contributed by atoms with Gasteiger partial charge >= 0.3 is 38.9 Å². The normalized spacial score (nSPS) is 18.4. The van der Waals surface area contributed by atoms with Crippen LogP contribution >= 0.6 is 7.82 Å². The number of anilines is 1. The van der Waals surface area contributed by atoms with Crippen LogP contribution in [0.2, 0.25) is 0 Å². The predicted molar refractivity (Wildman–Crippen MR) is 278 cm³/mol. The number of fused-ring (bicyclic) bond motifs is 2. The quantitative estimate of drug-likeness (QED) is 0.0237. The van der Waals surface area contributed by atoms with E-state index in [0.29, 0.717) is 93.3 Å². The van der Waals surface area contributed by atoms with Crippen molar-refractivity contribution in [2.24, 2.45) is 10.8 Å². The maximum absolute atomic E-state index is 16.2. The van der Waals surface area contributed by atoms with E-state index >= 15 is 8.78 Å². The second-order valence-electron chi connectivity index (χ2n) is 21.4. The van der Waals surface area contributed by atoms with Crippen LogP contribution in [0.15, 0.2) is 61.1 Å². The van der Waals surface area contributed by atoms with Gasteiger partial charge in [-0.05, 0) is 82.9 Å². The van der Waals surface area contributed by atoms with E-state index in [0.717, 1.165) is 52.4 Å². The third-order valence-corrected chi connectivity index (χ3v) is 15.4. The monoisotopic (exact) mass is 1240 g/mol. The summed E-state index contributed by atoms with van der Waals surface area (Å²) in [6, 6.07) is 1.44. The predicted octanol–water partition coefficient (Wildman–Crippen LogP) is 6.13. The number of halogens is 10. The first kappa shape index (κ1) is 65.4. The Bertz CT molecular complexity index is 3120. The van der Waals surface area contributed by atoms with E-state index in [9.17, 15) is 68.7 Å². The molecule has 464 valence electrons. The molecular weight excluding hydrogens is 1180 g/mol. The number of alkyl carbamates (subject to hydrolysis) is 2. The number of amides is 4. The highest BCUT2D eigenvalue weighted by atomic mass is 31.2. The first-order valence-corrected chi connectivity index (χ1v) is 27.5. The Kier molecular flexibility index (Phi) is 20.2. The maximum atomic E-state index is 16.2. The van der Waals surface area contributed by atoms with Crippen LogP contribution in [0.25, 0.3) is 11.3 Å². The number of hydrazine groups is 1. The minimum atomic E-state index is -5.96. The summed E-state index contributed by atoms with van der Waals surface area (Å²) >= 11 is 0. The molecule has 0 spiro atoms. The van der Waals surface area contributed by atoms with E-state index in [1.54, 1.807) is 23.0 Å². The molecule has 6 N–H and O–H groups in total. The number of benzene rings is 2. The summed E-state index contributed by atoms with van der Waals surface area (Å²) in [5, 5.41) is 9.59. The zero-order valence-electron chi connectivity index (χ0n) is 46.2. The number of phosphoric acid groups is 1. The molecular formula is C52H60F10N11O11P. The number of alkyl halides is 8. The van der Waals surface area contributed by atoms with E-state index < -0.39 is 128 Å². The van der Waals surface area contributed by atoms with Crippen LogP contribution < -0.4 is 26.3 Å². The van der Waals surface area contributed by atoms with Gasteiger partial charge in [-0.3, -0.25) is 24.4 Å². The summed E-state index contributed by atoms with van der Waals surface area (Å²) in [6.07, 6.45) is -10.9. The summed E-state index contributed by atoms with van der Waals surface area (Å²) in [5.74, 6) is -0.220. The van der Waals surface area contributed by atoms with Gasteiger partial charge in [-0.15, -0.1) is 0 Å². The Morgan fingerprint density at radius 1 is 0.788 bits per heavy atom. The van der Waals surface area contributed by atoms with Crippen LogP contribution in [-0.2, 0) is 45.9 Å². The van der Waals surface area contributed by atoms with E-state index in [1.807, 2.05) is 5.43 Å². The minimum Gasteiger partial charge on any atom is -0.453 e. The first-order valence-electron chi connectivity index (χ1n) is 26.0. The molecule has 22 nitrogen and oxygen atoms in total. The lowest BCUT2D eigenvalue weighted by molar-refractivity contribution is -0.221. The molecule has 3 saturated heterocycles. The summed E-state index contributed by atoms with van der Waals surface area (Å²) < 4.78 is 180. The van der Waals surface area contributed by atoms with Gasteiger partial charge in [-0.2, -0.15) is 40.2 Å². The number of nitrogens with zero attached hydrogens (tertiary/aromatic N) is 7. The zero-order chi connectivity index (χ0) is 62.6. The molecule has 2 aromatic carbocycles. The van der Waals surface area contributed by atoms with Crippen LogP contribution in [0.3, 0.4) is 0 Å². The Hall–Kier alpha value is -7.14. The standard InChI is InChI=1S/C52H60F10N11O11P/c1-49(2,51(57,58)59)41(66-47(76)81-5)43(74)65-39(17-29-10-7-28(8-11-29)9-12-30-20-63-46(64-21-30)70-22-32-13-14-33(23-70)73(32)34-26-83-27-34)40(84-85(78,79)80)25-71(69-44(75)42(67-48(77)82-6)50(3,4)52(60,61)62)24-35-36(53)18-31(19-37(35)54)38-15-16-72(68-38)45(55)56/h7-8,10-11,15-16,18-21,32-34,39-42,45H,13-14,17,22-27H2,1-6H3,(H,65,74)(H,66,76)(H,67,77)(H,69,75)(H2,78,79,80)/t32?,33?,39-,40-,41+,42+/m0/s1. The molecule has 33 heteroatoms. The van der Waals surface area contributed by atoms with Gasteiger partial charge < -0.3 is 44.8 Å². The SMILES string of the molecule is COC(=O)N[C@H](C(=O)N[C@@H](Cc1ccc(C#Cc2cnc(N3CC4CCC(C3)N4C3COC3)nc2)cc1)[C@H](CN(Cc1c(F)cc(-c2ccn(C(F)F)n2)cc1F)NC(=O)[C@@H](NC(=O)OC)C(C)(C)C(F)(F)F)OP(=O)(O)O)C(C)(C)C(F)(F)F. The number of ether oxygens (including phenoxy) is 3. The van der Waals surface area contributed by atoms with Crippen molar-refractivity contribution >= 4 is 37.8 Å². The number of rotatable bonds is 21. The average molecular weight is 1240 g/mol. The van der Waals surface area contributed by atoms with Crippen molar-refractivity contribution in [2.75, 3.05) is 52.0 Å². The number of hydrogen-bond acceptors (Lipinski definition) is 15. The number of nitrogens with one attached hydrogen (secondary N) is 4. The van der Waals surface area contributed by atoms with Crippen molar-refractivity contribution in [1.82, 2.24) is 51.0 Å². The lowest BCUT2D eigenvalue weighted by Crippen LogP contribution is -2.64. The lowest BCUT2D eigenvalue weighted by Gasteiger charge is -2.47. The molecule has 4 aromatic rings. The van der Waals surface area contributed by atoms with Gasteiger partial charge in [0.15, 0.2) is 0 Å². The number of carbonyl (C=O) groups excluding carboxylic acids is 4. The fourth-order valence-electron chi connectivity index (χ4n) is 9.82. The number of hydrogen-bond donors (Lipinski definition) is 6. The molecule has 3 aliphatic rings. The smallest absolute Gasteiger partial charge is 0.453 e. The molecule has 85 heavy (non-hydrogen) atoms. The van der Waals surface area contributed by atoms with Gasteiger partial charge in [-0.25, -0.2) is 42.6 Å². The largest absolute Gasteiger partial charge is 0.469 e. The number of piperazine rings is 1. The average Bonchev–Trinajstić information content (AvgIpc) is 3.60. The van der Waals surface area contributed by atoms with E-state index in [2.05, 4.69) is 51.5 Å². The molecule has 0 saturated carbocycles. The molecule has 2 aromatic heterocycles. The molecule has 2 bridgehead atoms. The third kappa shape index (κ3) is 15.8. The summed E-state index contributed by atoms with van der Waals surface area (Å²) in [4.78, 5) is 88.0. The summed E-state index contributed by atoms with van der Waals surface area (Å²) in [5.41, 5.74) is -5.49. The van der Waals surface area contributed by atoms with Gasteiger partial charge in [0, 0.05) is 73.5 Å². The summed E-state index contributed by atoms with van der Waals surface area (Å²) in [7, 11) is -4.46. The van der Waals surface area contributed by atoms with E-state index in [1.165, 1.54) is 24.3 Å². The van der Waals surface area contributed by atoms with Crippen LogP contribution in [0.1, 0.15) is 69.3 Å². The zero-order valence-corrected chi connectivity index (χ0v) is 47.1. The fourth-order valence-corrected chi connectivity index (χ4v) is 10.4. The maximum Gasteiger partial charge on any atom is 0.469 e. The van der Waals surface area contributed by atoms with Gasteiger partial charge in [0.1, 0.15) is 29.8 Å². The Labute approximate surface area is 479 Å². The van der Waals surface area contributed by atoms with Crippen molar-refractivity contribution in [3.05, 3.63) is 94.9 Å². The van der Waals surface area contributed by atoms with Crippen molar-refractivity contribution in [3.8, 4) is 23.1 Å². The highest BCUT2D eigenvalue weighted by Crippen LogP contribution is 2.43. The van der Waals surface area contributed by atoms with Crippen molar-refractivity contribution in [1.29, 1.82) is 0 Å². The van der Waals surface area contributed by atoms with E-state index in [-0.39, 0.29) is 15.9 Å². The Morgan fingerprint density at radius 3 is 1.79 bits per heavy atom. The topological polar surface area (TPSA) is 264 Å². The molecule has 0 radical (unpaired) electrons. The Morgan fingerprint density at radius 2 is 1.32 bits per heavy atom. The Balaban J connectivity index is 1.25. The van der Waals surface area contributed by atoms with Crippen LogP contribution in [-0.4, -0.2) is 165 Å². The lowest BCUT2D eigenvalue weighted by atomic mass is 9.82. The van der Waals surface area contributed by atoms with Gasteiger partial charge in [0.05, 0.1) is 61.6 Å². The molecule has 0 aliphatic carbocycles. The molecule has 6 atom stereocenters. The molecule has 4 amide bonds. The minimum absolute atomic E-state index is 0.0983. The molecule has 7 rings (SSSR count). The van der Waals surface area contributed by atoms with Crippen LogP contribution in [0.4, 0.5) is 59.4 Å². The van der Waals surface area contributed by atoms with Crippen molar-refractivity contribution in [2.45, 2.75) is 115 Å². The fraction of sp³-hybridized carbons (Fsp3) is 0.519. The highest BCUT2D eigenvalue weighted by molar-refractivity contribution is 7.46. The first-order chi connectivity index (χ1) is 39.7. The molecule has 3 aliphatic heterocycles. The number of phosphoric ester groups is 1. The highest BCUT2D eigenvalue weighted by Gasteiger charge is 2.57. The number of methoxy groups -OCH3 is 2. The second kappa shape index (κ2) is 26.2. The van der Waals surface area contributed by atoms with Gasteiger partial charge in [-0.1, -0.05) is 24.0 Å². The number of aromatic nitrogens is 4. The molecule has 3 fully saturated rings.